The largest absolute Gasteiger partial charge is 0.417 e. The molecule has 1 saturated heterocycles. The van der Waals surface area contributed by atoms with Crippen molar-refractivity contribution in [2.75, 3.05) is 6.54 Å². The van der Waals surface area contributed by atoms with Crippen molar-refractivity contribution in [2.24, 2.45) is 17.1 Å². The topological polar surface area (TPSA) is 144 Å². The number of benzene rings is 1. The number of carbonyl (C=O) groups is 4. The van der Waals surface area contributed by atoms with Crippen molar-refractivity contribution in [3.63, 3.8) is 0 Å². The number of sulfone groups is 1. The van der Waals surface area contributed by atoms with Crippen LogP contribution in [-0.4, -0.2) is 66.4 Å². The maximum atomic E-state index is 14.0. The number of hydrogen-bond donors (Lipinski definition) is 2. The minimum Gasteiger partial charge on any atom is -0.368 e. The molecule has 0 spiro atoms. The molecule has 0 radical (unpaired) electrons. The monoisotopic (exact) mass is 611 g/mol. The Labute approximate surface area is 230 Å². The molecule has 4 rings (SSSR count). The Morgan fingerprint density at radius 3 is 2.12 bits per heavy atom. The van der Waals surface area contributed by atoms with Crippen molar-refractivity contribution >= 4 is 33.3 Å². The van der Waals surface area contributed by atoms with E-state index in [0.29, 0.717) is 25.0 Å². The normalized spacial score (nSPS) is 25.0. The molecule has 2 aliphatic carbocycles. The van der Waals surface area contributed by atoms with Crippen LogP contribution in [0.1, 0.15) is 51.0 Å². The van der Waals surface area contributed by atoms with Crippen molar-refractivity contribution in [3.8, 4) is 0 Å². The lowest BCUT2D eigenvalue weighted by Crippen LogP contribution is -2.65. The second-order valence-corrected chi connectivity index (χ2v) is 12.9. The summed E-state index contributed by atoms with van der Waals surface area (Å²) in [6, 6.07) is 2.74. The first-order valence-electron chi connectivity index (χ1n) is 12.8. The molecule has 2 saturated carbocycles. The zero-order valence-electron chi connectivity index (χ0n) is 21.6. The van der Waals surface area contributed by atoms with E-state index < -0.39 is 111 Å². The van der Waals surface area contributed by atoms with Gasteiger partial charge < -0.3 is 16.0 Å². The van der Waals surface area contributed by atoms with Crippen LogP contribution in [0.3, 0.4) is 0 Å². The number of primary amides is 1. The van der Waals surface area contributed by atoms with Gasteiger partial charge in [-0.3, -0.25) is 19.2 Å². The van der Waals surface area contributed by atoms with Crippen LogP contribution in [0.4, 0.5) is 26.3 Å². The zero-order chi connectivity index (χ0) is 30.8. The van der Waals surface area contributed by atoms with E-state index in [-0.39, 0.29) is 10.9 Å². The molecule has 1 aromatic carbocycles. The molecule has 3 fully saturated rings. The highest BCUT2D eigenvalue weighted by Gasteiger charge is 2.73. The lowest BCUT2D eigenvalue weighted by atomic mass is 9.75. The highest BCUT2D eigenvalue weighted by molar-refractivity contribution is 7.92. The molecule has 3 atom stereocenters. The molecule has 0 bridgehead atoms. The second-order valence-electron chi connectivity index (χ2n) is 10.7. The summed E-state index contributed by atoms with van der Waals surface area (Å²) in [5.74, 6) is -7.64. The van der Waals surface area contributed by atoms with E-state index in [9.17, 15) is 53.9 Å². The fourth-order valence-electron chi connectivity index (χ4n) is 5.61. The van der Waals surface area contributed by atoms with Crippen LogP contribution in [0.25, 0.3) is 0 Å². The molecule has 9 nitrogen and oxygen atoms in total. The first-order valence-corrected chi connectivity index (χ1v) is 14.3. The van der Waals surface area contributed by atoms with Gasteiger partial charge in [-0.2, -0.15) is 26.3 Å². The minimum absolute atomic E-state index is 0.282. The third-order valence-electron chi connectivity index (χ3n) is 8.16. The van der Waals surface area contributed by atoms with Crippen molar-refractivity contribution in [1.29, 1.82) is 0 Å². The summed E-state index contributed by atoms with van der Waals surface area (Å²) in [6.45, 7) is 0.139. The summed E-state index contributed by atoms with van der Waals surface area (Å²) in [5.41, 5.74) is -1.66. The number of amides is 3. The predicted octanol–water partition coefficient (Wildman–Crippen LogP) is 2.52. The van der Waals surface area contributed by atoms with Crippen LogP contribution < -0.4 is 11.1 Å². The SMILES string of the molecule is CC[C@H](C(=O)C(=O)NC1CC1)C1(C(N)=O)CC(S(=O)(=O)c2ccccc2C(F)(F)F)CN1C(=O)C1(C(F)(F)F)CC1. The smallest absolute Gasteiger partial charge is 0.368 e. The molecule has 1 aromatic rings. The average molecular weight is 612 g/mol. The molecular weight excluding hydrogens is 584 g/mol. The van der Waals surface area contributed by atoms with E-state index in [2.05, 4.69) is 5.32 Å². The van der Waals surface area contributed by atoms with E-state index in [1.165, 1.54) is 6.92 Å². The molecule has 226 valence electrons. The van der Waals surface area contributed by atoms with Gasteiger partial charge in [-0.1, -0.05) is 19.1 Å². The quantitative estimate of drug-likeness (QED) is 0.325. The fraction of sp³-hybridized carbons (Fsp3) is 0.600. The zero-order valence-corrected chi connectivity index (χ0v) is 22.5. The Morgan fingerprint density at radius 2 is 1.66 bits per heavy atom. The molecule has 16 heteroatoms. The number of ketones is 1. The minimum atomic E-state index is -5.14. The summed E-state index contributed by atoms with van der Waals surface area (Å²) >= 11 is 0. The van der Waals surface area contributed by atoms with Crippen LogP contribution >= 0.6 is 0 Å². The third kappa shape index (κ3) is 5.07. The van der Waals surface area contributed by atoms with E-state index in [1.807, 2.05) is 0 Å². The second kappa shape index (κ2) is 9.98. The molecule has 41 heavy (non-hydrogen) atoms. The Hall–Kier alpha value is -3.17. The van der Waals surface area contributed by atoms with Gasteiger partial charge in [0.1, 0.15) is 11.0 Å². The van der Waals surface area contributed by atoms with Crippen LogP contribution in [0.2, 0.25) is 0 Å². The van der Waals surface area contributed by atoms with Gasteiger partial charge in [0.05, 0.1) is 21.6 Å². The molecule has 1 aliphatic heterocycles. The lowest BCUT2D eigenvalue weighted by molar-refractivity contribution is -0.202. The number of halogens is 6. The molecule has 0 aromatic heterocycles. The summed E-state index contributed by atoms with van der Waals surface area (Å²) in [6.07, 6.45) is -12.1. The van der Waals surface area contributed by atoms with Gasteiger partial charge in [0.25, 0.3) is 5.91 Å². The van der Waals surface area contributed by atoms with Crippen molar-refractivity contribution in [2.45, 2.75) is 79.5 Å². The van der Waals surface area contributed by atoms with Gasteiger partial charge in [-0.25, -0.2) is 8.42 Å². The molecule has 3 amide bonds. The van der Waals surface area contributed by atoms with Crippen molar-refractivity contribution in [3.05, 3.63) is 29.8 Å². The molecule has 2 unspecified atom stereocenters. The van der Waals surface area contributed by atoms with Crippen LogP contribution in [0, 0.1) is 11.3 Å². The van der Waals surface area contributed by atoms with Crippen LogP contribution in [-0.2, 0) is 35.2 Å². The van der Waals surface area contributed by atoms with E-state index >= 15 is 0 Å². The number of alkyl halides is 6. The van der Waals surface area contributed by atoms with Crippen molar-refractivity contribution in [1.82, 2.24) is 10.2 Å². The maximum Gasteiger partial charge on any atom is 0.417 e. The molecule has 3 N–H and O–H groups in total. The van der Waals surface area contributed by atoms with E-state index in [1.54, 1.807) is 0 Å². The summed E-state index contributed by atoms with van der Waals surface area (Å²) in [4.78, 5) is 51.7. The van der Waals surface area contributed by atoms with E-state index in [0.717, 1.165) is 12.1 Å². The Morgan fingerprint density at radius 1 is 1.07 bits per heavy atom. The maximum absolute atomic E-state index is 14.0. The number of nitrogens with one attached hydrogen (secondary N) is 1. The Balaban J connectivity index is 1.87. The number of carbonyl (C=O) groups excluding carboxylic acids is 4. The lowest BCUT2D eigenvalue weighted by Gasteiger charge is -2.42. The highest BCUT2D eigenvalue weighted by atomic mass is 32.2. The van der Waals surface area contributed by atoms with E-state index in [4.69, 9.17) is 5.73 Å². The highest BCUT2D eigenvalue weighted by Crippen LogP contribution is 2.60. The van der Waals surface area contributed by atoms with Crippen LogP contribution in [0.5, 0.6) is 0 Å². The number of Topliss-reactive ketones (excluding diaryl/α,β-unsaturated/α-hetero) is 1. The number of likely N-dealkylation sites (tertiary alicyclic amines) is 1. The third-order valence-corrected chi connectivity index (χ3v) is 10.3. The van der Waals surface area contributed by atoms with Crippen molar-refractivity contribution < 1.29 is 53.9 Å². The number of hydrogen-bond acceptors (Lipinski definition) is 6. The van der Waals surface area contributed by atoms with Gasteiger partial charge in [-0.15, -0.1) is 0 Å². The van der Waals surface area contributed by atoms with Gasteiger partial charge in [0, 0.05) is 12.6 Å². The first kappa shape index (κ1) is 30.8. The molecular formula is C25H27F6N3O6S. The Bertz CT molecular complexity index is 1390. The fourth-order valence-corrected chi connectivity index (χ4v) is 7.55. The average Bonchev–Trinajstić information content (AvgIpc) is 3.80. The van der Waals surface area contributed by atoms with Gasteiger partial charge in [-0.05, 0) is 50.7 Å². The number of nitrogens with zero attached hydrogens (tertiary/aromatic N) is 1. The predicted molar refractivity (Wildman–Crippen MR) is 128 cm³/mol. The summed E-state index contributed by atoms with van der Waals surface area (Å²) in [5, 5.41) is 0.327. The van der Waals surface area contributed by atoms with Gasteiger partial charge in [0.15, 0.2) is 9.84 Å². The van der Waals surface area contributed by atoms with Gasteiger partial charge in [0.2, 0.25) is 17.6 Å². The standard InChI is InChI=1S/C25H27F6N3O6S/c1-2-15(18(35)19(36)33-13-7-8-13)23(20(32)37)11-14(12-34(23)21(38)22(9-10-22)25(29,30)31)41(39,40)17-6-4-3-5-16(17)24(26,27)28/h3-6,13-15H,2,7-12H2,1H3,(H2,32,37)(H,33,36)/t14?,15-,23?/m1/s1. The van der Waals surface area contributed by atoms with Gasteiger partial charge >= 0.3 is 12.4 Å². The molecule has 1 heterocycles. The molecule has 3 aliphatic rings. The summed E-state index contributed by atoms with van der Waals surface area (Å²) < 4.78 is 110. The van der Waals surface area contributed by atoms with Crippen LogP contribution in [0.15, 0.2) is 29.2 Å². The number of nitrogens with two attached hydrogens (primary N) is 1. The first-order chi connectivity index (χ1) is 18.8. The Kier molecular flexibility index (Phi) is 7.49. The number of rotatable bonds is 9. The summed E-state index contributed by atoms with van der Waals surface area (Å²) in [7, 11) is -5.10.